The molecule has 0 saturated carbocycles. The Balaban J connectivity index is 2.57. The molecule has 21 heavy (non-hydrogen) atoms. The first-order valence-electron chi connectivity index (χ1n) is 6.49. The summed E-state index contributed by atoms with van der Waals surface area (Å²) in [7, 11) is 3.09. The molecule has 0 N–H and O–H groups in total. The van der Waals surface area contributed by atoms with Crippen molar-refractivity contribution < 1.29 is 14.3 Å². The van der Waals surface area contributed by atoms with E-state index in [1.54, 1.807) is 36.2 Å². The number of ether oxygens (including phenoxy) is 2. The first-order valence-corrected chi connectivity index (χ1v) is 7.28. The fourth-order valence-electron chi connectivity index (χ4n) is 2.06. The van der Waals surface area contributed by atoms with Crippen LogP contribution in [0.1, 0.15) is 35.9 Å². The molecule has 0 fully saturated rings. The van der Waals surface area contributed by atoms with Gasteiger partial charge in [0.2, 0.25) is 5.78 Å². The molecule has 6 heteroatoms. The monoisotopic (exact) mass is 352 g/mol. The van der Waals surface area contributed by atoms with Crippen LogP contribution in [0.4, 0.5) is 0 Å². The first-order chi connectivity index (χ1) is 9.99. The van der Waals surface area contributed by atoms with Crippen molar-refractivity contribution in [3.8, 4) is 11.5 Å². The smallest absolute Gasteiger partial charge is 0.216 e. The number of hydrogen-bond donors (Lipinski definition) is 0. The summed E-state index contributed by atoms with van der Waals surface area (Å²) >= 11 is 3.39. The van der Waals surface area contributed by atoms with Crippen molar-refractivity contribution in [2.24, 2.45) is 0 Å². The highest BCUT2D eigenvalue weighted by Gasteiger charge is 2.23. The summed E-state index contributed by atoms with van der Waals surface area (Å²) < 4.78 is 12.8. The van der Waals surface area contributed by atoms with E-state index < -0.39 is 0 Å². The predicted molar refractivity (Wildman–Crippen MR) is 83.3 cm³/mol. The van der Waals surface area contributed by atoms with Gasteiger partial charge in [0.1, 0.15) is 17.2 Å². The van der Waals surface area contributed by atoms with E-state index in [1.807, 2.05) is 13.8 Å². The maximum absolute atomic E-state index is 12.9. The highest BCUT2D eigenvalue weighted by Crippen LogP contribution is 2.29. The Bertz CT molecular complexity index is 665. The first kappa shape index (κ1) is 15.6. The lowest BCUT2D eigenvalue weighted by Gasteiger charge is -2.13. The van der Waals surface area contributed by atoms with Gasteiger partial charge in [0.15, 0.2) is 0 Å². The number of carbonyl (C=O) groups excluding carboxylic acids is 1. The van der Waals surface area contributed by atoms with Crippen LogP contribution in [0.25, 0.3) is 0 Å². The number of halogens is 1. The molecule has 0 saturated heterocycles. The Kier molecular flexibility index (Phi) is 4.67. The van der Waals surface area contributed by atoms with Crippen LogP contribution in [0.15, 0.2) is 28.9 Å². The van der Waals surface area contributed by atoms with E-state index in [-0.39, 0.29) is 11.8 Å². The van der Waals surface area contributed by atoms with Gasteiger partial charge in [-0.3, -0.25) is 9.48 Å². The van der Waals surface area contributed by atoms with E-state index >= 15 is 0 Å². The standard InChI is InChI=1S/C15H17BrN2O3/c1-9(2)18-14(12(16)8-17-18)15(19)11-7-10(20-3)5-6-13(11)21-4/h5-9H,1-4H3. The number of hydrogen-bond acceptors (Lipinski definition) is 4. The molecule has 0 atom stereocenters. The van der Waals surface area contributed by atoms with Crippen molar-refractivity contribution in [1.29, 1.82) is 0 Å². The van der Waals surface area contributed by atoms with E-state index in [4.69, 9.17) is 9.47 Å². The fraction of sp³-hybridized carbons (Fsp3) is 0.333. The van der Waals surface area contributed by atoms with E-state index in [9.17, 15) is 4.79 Å². The lowest BCUT2D eigenvalue weighted by Crippen LogP contribution is -2.14. The fourth-order valence-corrected chi connectivity index (χ4v) is 2.52. The van der Waals surface area contributed by atoms with Gasteiger partial charge in [-0.1, -0.05) is 0 Å². The molecule has 112 valence electrons. The van der Waals surface area contributed by atoms with Crippen molar-refractivity contribution in [2.75, 3.05) is 14.2 Å². The number of rotatable bonds is 5. The largest absolute Gasteiger partial charge is 0.497 e. The molecule has 5 nitrogen and oxygen atoms in total. The summed E-state index contributed by atoms with van der Waals surface area (Å²) in [5, 5.41) is 4.24. The Hall–Kier alpha value is -1.82. The van der Waals surface area contributed by atoms with Gasteiger partial charge >= 0.3 is 0 Å². The minimum absolute atomic E-state index is 0.0758. The van der Waals surface area contributed by atoms with Crippen LogP contribution in [0.3, 0.4) is 0 Å². The molecule has 2 aromatic rings. The van der Waals surface area contributed by atoms with E-state index in [1.165, 1.54) is 7.11 Å². The average Bonchev–Trinajstić information content (AvgIpc) is 2.87. The van der Waals surface area contributed by atoms with Crippen molar-refractivity contribution in [2.45, 2.75) is 19.9 Å². The third-order valence-electron chi connectivity index (χ3n) is 3.11. The SMILES string of the molecule is COc1ccc(OC)c(C(=O)c2c(Br)cnn2C(C)C)c1. The van der Waals surface area contributed by atoms with Crippen LogP contribution in [0.2, 0.25) is 0 Å². The highest BCUT2D eigenvalue weighted by molar-refractivity contribution is 9.10. The van der Waals surface area contributed by atoms with Gasteiger partial charge in [-0.15, -0.1) is 0 Å². The Morgan fingerprint density at radius 2 is 2.00 bits per heavy atom. The molecule has 0 unspecified atom stereocenters. The van der Waals surface area contributed by atoms with Crippen LogP contribution in [-0.2, 0) is 0 Å². The number of methoxy groups -OCH3 is 2. The van der Waals surface area contributed by atoms with Gasteiger partial charge in [0.25, 0.3) is 0 Å². The summed E-state index contributed by atoms with van der Waals surface area (Å²) in [4.78, 5) is 12.9. The van der Waals surface area contributed by atoms with Crippen molar-refractivity contribution in [1.82, 2.24) is 9.78 Å². The molecule has 0 bridgehead atoms. The second kappa shape index (κ2) is 6.30. The molecule has 0 aliphatic rings. The molecule has 0 aliphatic heterocycles. The van der Waals surface area contributed by atoms with Gasteiger partial charge < -0.3 is 9.47 Å². The lowest BCUT2D eigenvalue weighted by atomic mass is 10.1. The van der Waals surface area contributed by atoms with Gasteiger partial charge in [0.05, 0.1) is 30.5 Å². The van der Waals surface area contributed by atoms with Gasteiger partial charge in [-0.25, -0.2) is 0 Å². The van der Waals surface area contributed by atoms with Crippen LogP contribution in [-0.4, -0.2) is 29.8 Å². The second-order valence-electron chi connectivity index (χ2n) is 4.77. The summed E-state index contributed by atoms with van der Waals surface area (Å²) in [6, 6.07) is 5.22. The molecule has 0 aliphatic carbocycles. The van der Waals surface area contributed by atoms with E-state index in [0.717, 1.165) is 0 Å². The molecule has 0 spiro atoms. The van der Waals surface area contributed by atoms with Crippen LogP contribution in [0.5, 0.6) is 11.5 Å². The molecule has 1 heterocycles. The summed E-state index contributed by atoms with van der Waals surface area (Å²) in [6.07, 6.45) is 1.62. The number of nitrogens with zero attached hydrogens (tertiary/aromatic N) is 2. The third-order valence-corrected chi connectivity index (χ3v) is 3.69. The molecule has 1 aromatic heterocycles. The van der Waals surface area contributed by atoms with Gasteiger partial charge in [-0.05, 0) is 48.0 Å². The highest BCUT2D eigenvalue weighted by atomic mass is 79.9. The summed E-state index contributed by atoms with van der Waals surface area (Å²) in [5.74, 6) is 0.943. The quantitative estimate of drug-likeness (QED) is 0.773. The molecular weight excluding hydrogens is 336 g/mol. The Labute approximate surface area is 132 Å². The van der Waals surface area contributed by atoms with Gasteiger partial charge in [-0.2, -0.15) is 5.10 Å². The third kappa shape index (κ3) is 2.95. The molecule has 0 amide bonds. The van der Waals surface area contributed by atoms with Crippen LogP contribution in [0, 0.1) is 0 Å². The average molecular weight is 353 g/mol. The van der Waals surface area contributed by atoms with Crippen LogP contribution >= 0.6 is 15.9 Å². The molecule has 2 rings (SSSR count). The van der Waals surface area contributed by atoms with Crippen molar-refractivity contribution >= 4 is 21.7 Å². The zero-order valence-corrected chi connectivity index (χ0v) is 14.0. The number of benzene rings is 1. The maximum atomic E-state index is 12.9. The Morgan fingerprint density at radius 3 is 2.57 bits per heavy atom. The number of aromatic nitrogens is 2. The predicted octanol–water partition coefficient (Wildman–Crippen LogP) is 3.47. The van der Waals surface area contributed by atoms with Crippen LogP contribution < -0.4 is 9.47 Å². The second-order valence-corrected chi connectivity index (χ2v) is 5.63. The zero-order valence-electron chi connectivity index (χ0n) is 12.4. The summed E-state index contributed by atoms with van der Waals surface area (Å²) in [6.45, 7) is 3.94. The summed E-state index contributed by atoms with van der Waals surface area (Å²) in [5.41, 5.74) is 0.941. The lowest BCUT2D eigenvalue weighted by molar-refractivity contribution is 0.102. The minimum Gasteiger partial charge on any atom is -0.497 e. The van der Waals surface area contributed by atoms with E-state index in [2.05, 4.69) is 21.0 Å². The van der Waals surface area contributed by atoms with Crippen molar-refractivity contribution in [3.05, 3.63) is 40.1 Å². The number of carbonyl (C=O) groups is 1. The zero-order chi connectivity index (χ0) is 15.6. The normalized spacial score (nSPS) is 10.8. The topological polar surface area (TPSA) is 53.4 Å². The Morgan fingerprint density at radius 1 is 1.29 bits per heavy atom. The van der Waals surface area contributed by atoms with Gasteiger partial charge in [0, 0.05) is 6.04 Å². The molecular formula is C15H17BrN2O3. The minimum atomic E-state index is -0.163. The number of ketones is 1. The van der Waals surface area contributed by atoms with Crippen molar-refractivity contribution in [3.63, 3.8) is 0 Å². The molecule has 0 radical (unpaired) electrons. The van der Waals surface area contributed by atoms with E-state index in [0.29, 0.717) is 27.2 Å². The molecule has 1 aromatic carbocycles. The maximum Gasteiger partial charge on any atom is 0.216 e.